The number of nitrogens with one attached hydrogen (secondary N) is 2. The quantitative estimate of drug-likeness (QED) is 0.505. The molecule has 2 heterocycles. The van der Waals surface area contributed by atoms with Crippen molar-refractivity contribution in [2.75, 3.05) is 52.9 Å². The lowest BCUT2D eigenvalue weighted by atomic mass is 10.0. The van der Waals surface area contributed by atoms with Crippen LogP contribution in [-0.4, -0.2) is 80.8 Å². The van der Waals surface area contributed by atoms with Gasteiger partial charge < -0.3 is 10.6 Å². The average Bonchev–Trinajstić information content (AvgIpc) is 2.88. The molecule has 0 aliphatic carbocycles. The molecule has 2 atom stereocenters. The van der Waals surface area contributed by atoms with Crippen molar-refractivity contribution < 1.29 is 13.2 Å². The summed E-state index contributed by atoms with van der Waals surface area (Å²) < 4.78 is 37.6. The lowest BCUT2D eigenvalue weighted by Gasteiger charge is -2.34. The van der Waals surface area contributed by atoms with E-state index in [4.69, 9.17) is 0 Å². The molecule has 0 aromatic heterocycles. The van der Waals surface area contributed by atoms with Crippen LogP contribution in [0.2, 0.25) is 0 Å². The molecule has 28 heavy (non-hydrogen) atoms. The van der Waals surface area contributed by atoms with Gasteiger partial charge >= 0.3 is 6.18 Å². The molecular weight excluding hydrogens is 367 g/mol. The van der Waals surface area contributed by atoms with Crippen LogP contribution >= 0.6 is 0 Å². The number of hydrogen-bond donors (Lipinski definition) is 2. The first-order chi connectivity index (χ1) is 13.3. The third-order valence-corrected chi connectivity index (χ3v) is 5.91. The Hall–Kier alpha value is -1.02. The van der Waals surface area contributed by atoms with Crippen molar-refractivity contribution in [1.82, 2.24) is 20.4 Å². The molecule has 2 unspecified atom stereocenters. The first kappa shape index (κ1) is 23.3. The topological polar surface area (TPSA) is 42.9 Å². The Kier molecular flexibility index (Phi) is 9.34. The Balaban J connectivity index is 1.75. The summed E-state index contributed by atoms with van der Waals surface area (Å²) in [6.45, 7) is 8.55. The van der Waals surface area contributed by atoms with Crippen molar-refractivity contribution >= 4 is 5.96 Å². The molecule has 5 nitrogen and oxygen atoms in total. The highest BCUT2D eigenvalue weighted by Crippen LogP contribution is 2.22. The zero-order valence-corrected chi connectivity index (χ0v) is 17.7. The van der Waals surface area contributed by atoms with Crippen molar-refractivity contribution in [3.05, 3.63) is 0 Å². The fourth-order valence-electron chi connectivity index (χ4n) is 4.35. The van der Waals surface area contributed by atoms with Gasteiger partial charge in [0.05, 0.1) is 6.54 Å². The molecule has 2 rings (SSSR count). The first-order valence-electron chi connectivity index (χ1n) is 10.8. The van der Waals surface area contributed by atoms with E-state index in [1.54, 1.807) is 7.05 Å². The van der Waals surface area contributed by atoms with Gasteiger partial charge in [-0.1, -0.05) is 26.7 Å². The van der Waals surface area contributed by atoms with Crippen LogP contribution in [0.5, 0.6) is 0 Å². The summed E-state index contributed by atoms with van der Waals surface area (Å²) in [5.74, 6) is 1.52. The summed E-state index contributed by atoms with van der Waals surface area (Å²) >= 11 is 0. The molecule has 0 amide bonds. The number of alkyl halides is 3. The van der Waals surface area contributed by atoms with Crippen LogP contribution in [0.15, 0.2) is 4.99 Å². The molecule has 0 saturated carbocycles. The van der Waals surface area contributed by atoms with E-state index in [-0.39, 0.29) is 5.92 Å². The van der Waals surface area contributed by atoms with Gasteiger partial charge in [0.1, 0.15) is 0 Å². The molecule has 164 valence electrons. The third kappa shape index (κ3) is 8.15. The highest BCUT2D eigenvalue weighted by atomic mass is 19.4. The number of hydrogen-bond acceptors (Lipinski definition) is 3. The van der Waals surface area contributed by atoms with E-state index in [1.807, 2.05) is 0 Å². The highest BCUT2D eigenvalue weighted by Gasteiger charge is 2.34. The summed E-state index contributed by atoms with van der Waals surface area (Å²) in [4.78, 5) is 8.40. The van der Waals surface area contributed by atoms with E-state index in [0.717, 1.165) is 32.0 Å². The van der Waals surface area contributed by atoms with Crippen molar-refractivity contribution in [1.29, 1.82) is 0 Å². The fraction of sp³-hybridized carbons (Fsp3) is 0.950. The zero-order chi connectivity index (χ0) is 20.6. The van der Waals surface area contributed by atoms with Gasteiger partial charge in [-0.3, -0.25) is 14.8 Å². The molecule has 2 N–H and O–H groups in total. The first-order valence-corrected chi connectivity index (χ1v) is 10.8. The van der Waals surface area contributed by atoms with Crippen molar-refractivity contribution in [3.63, 3.8) is 0 Å². The molecule has 2 fully saturated rings. The third-order valence-electron chi connectivity index (χ3n) is 5.91. The molecular formula is C20H38F3N5. The van der Waals surface area contributed by atoms with Crippen molar-refractivity contribution in [2.45, 2.75) is 58.2 Å². The SMILES string of the molecule is CN=C(NCC1CCN(CC(F)(F)F)C1)NCC(C(C)C)N1CCCCCC1. The van der Waals surface area contributed by atoms with Crippen molar-refractivity contribution in [2.24, 2.45) is 16.8 Å². The molecule has 0 bridgehead atoms. The van der Waals surface area contributed by atoms with E-state index in [2.05, 4.69) is 34.4 Å². The minimum atomic E-state index is -4.11. The second-order valence-electron chi connectivity index (χ2n) is 8.60. The molecule has 0 aromatic rings. The molecule has 0 radical (unpaired) electrons. The number of guanidine groups is 1. The lowest BCUT2D eigenvalue weighted by Crippen LogP contribution is -2.50. The minimum Gasteiger partial charge on any atom is -0.356 e. The van der Waals surface area contributed by atoms with Gasteiger partial charge in [-0.25, -0.2) is 0 Å². The summed E-state index contributed by atoms with van der Waals surface area (Å²) in [5.41, 5.74) is 0. The lowest BCUT2D eigenvalue weighted by molar-refractivity contribution is -0.143. The van der Waals surface area contributed by atoms with Crippen LogP contribution in [-0.2, 0) is 0 Å². The van der Waals surface area contributed by atoms with Gasteiger partial charge in [0.25, 0.3) is 0 Å². The fourth-order valence-corrected chi connectivity index (χ4v) is 4.35. The monoisotopic (exact) mass is 405 g/mol. The molecule has 2 aliphatic heterocycles. The Labute approximate surface area is 168 Å². The van der Waals surface area contributed by atoms with Gasteiger partial charge in [0, 0.05) is 32.7 Å². The van der Waals surface area contributed by atoms with Gasteiger partial charge in [0.15, 0.2) is 5.96 Å². The standard InChI is InChI=1S/C20H38F3N5/c1-16(2)18(28-9-6-4-5-7-10-28)13-26-19(24-3)25-12-17-8-11-27(14-17)15-20(21,22)23/h16-18H,4-15H2,1-3H3,(H2,24,25,26). The van der Waals surface area contributed by atoms with E-state index in [9.17, 15) is 13.2 Å². The van der Waals surface area contributed by atoms with Crippen LogP contribution < -0.4 is 10.6 Å². The van der Waals surface area contributed by atoms with Crippen LogP contribution in [0.1, 0.15) is 46.0 Å². The Morgan fingerprint density at radius 2 is 1.75 bits per heavy atom. The van der Waals surface area contributed by atoms with E-state index < -0.39 is 12.7 Å². The zero-order valence-electron chi connectivity index (χ0n) is 17.7. The van der Waals surface area contributed by atoms with Gasteiger partial charge in [-0.2, -0.15) is 13.2 Å². The second-order valence-corrected chi connectivity index (χ2v) is 8.60. The Morgan fingerprint density at radius 3 is 2.32 bits per heavy atom. The van der Waals surface area contributed by atoms with E-state index in [1.165, 1.54) is 30.6 Å². The van der Waals surface area contributed by atoms with Gasteiger partial charge in [-0.05, 0) is 50.7 Å². The Morgan fingerprint density at radius 1 is 1.07 bits per heavy atom. The van der Waals surface area contributed by atoms with Crippen LogP contribution in [0.3, 0.4) is 0 Å². The maximum Gasteiger partial charge on any atom is 0.401 e. The van der Waals surface area contributed by atoms with Gasteiger partial charge in [0.2, 0.25) is 0 Å². The predicted molar refractivity (Wildman–Crippen MR) is 109 cm³/mol. The molecule has 8 heteroatoms. The van der Waals surface area contributed by atoms with Crippen LogP contribution in [0.25, 0.3) is 0 Å². The van der Waals surface area contributed by atoms with E-state index in [0.29, 0.717) is 31.6 Å². The van der Waals surface area contributed by atoms with Crippen molar-refractivity contribution in [3.8, 4) is 0 Å². The summed E-state index contributed by atoms with van der Waals surface area (Å²) in [6, 6.07) is 0.463. The second kappa shape index (κ2) is 11.2. The predicted octanol–water partition coefficient (Wildman–Crippen LogP) is 2.94. The number of likely N-dealkylation sites (tertiary alicyclic amines) is 2. The Bertz CT molecular complexity index is 473. The summed E-state index contributed by atoms with van der Waals surface area (Å²) in [7, 11) is 1.75. The summed E-state index contributed by atoms with van der Waals surface area (Å²) in [5, 5.41) is 6.76. The number of halogens is 3. The van der Waals surface area contributed by atoms with E-state index >= 15 is 0 Å². The smallest absolute Gasteiger partial charge is 0.356 e. The van der Waals surface area contributed by atoms with Crippen LogP contribution in [0.4, 0.5) is 13.2 Å². The maximum atomic E-state index is 12.5. The highest BCUT2D eigenvalue weighted by molar-refractivity contribution is 5.79. The number of aliphatic imine (C=N–C) groups is 1. The number of rotatable bonds is 7. The minimum absolute atomic E-state index is 0.229. The summed E-state index contributed by atoms with van der Waals surface area (Å²) in [6.07, 6.45) is 1.87. The average molecular weight is 406 g/mol. The normalized spacial score (nSPS) is 24.4. The van der Waals surface area contributed by atoms with Crippen LogP contribution in [0, 0.1) is 11.8 Å². The molecule has 0 spiro atoms. The molecule has 0 aromatic carbocycles. The molecule has 2 saturated heterocycles. The largest absolute Gasteiger partial charge is 0.401 e. The van der Waals surface area contributed by atoms with Gasteiger partial charge in [-0.15, -0.1) is 0 Å². The number of nitrogens with zero attached hydrogens (tertiary/aromatic N) is 3. The maximum absolute atomic E-state index is 12.5. The molecule has 2 aliphatic rings.